The van der Waals surface area contributed by atoms with Gasteiger partial charge in [-0.15, -0.1) is 0 Å². The van der Waals surface area contributed by atoms with E-state index in [1.54, 1.807) is 0 Å². The van der Waals surface area contributed by atoms with E-state index in [0.717, 1.165) is 12.8 Å². The zero-order chi connectivity index (χ0) is 10.6. The topological polar surface area (TPSA) is 26.0 Å². The van der Waals surface area contributed by atoms with Gasteiger partial charge in [0.2, 0.25) is 0 Å². The van der Waals surface area contributed by atoms with Crippen molar-refractivity contribution >= 4 is 0 Å². The first-order valence-electron chi connectivity index (χ1n) is 5.54. The highest BCUT2D eigenvalue weighted by molar-refractivity contribution is 5.30. The van der Waals surface area contributed by atoms with Gasteiger partial charge in [-0.3, -0.25) is 0 Å². The highest BCUT2D eigenvalue weighted by atomic mass is 14.6. The smallest absolute Gasteiger partial charge is 0.0323 e. The molecular formula is C13H21N. The van der Waals surface area contributed by atoms with E-state index < -0.39 is 0 Å². The highest BCUT2D eigenvalue weighted by Gasteiger charge is 2.14. The van der Waals surface area contributed by atoms with Crippen molar-refractivity contribution in [2.45, 2.75) is 39.7 Å². The maximum absolute atomic E-state index is 6.23. The molecule has 0 aliphatic carbocycles. The number of nitrogens with two attached hydrogens (primary N) is 1. The summed E-state index contributed by atoms with van der Waals surface area (Å²) in [7, 11) is 0. The zero-order valence-electron chi connectivity index (χ0n) is 9.46. The fourth-order valence-corrected chi connectivity index (χ4v) is 1.74. The lowest BCUT2D eigenvalue weighted by Crippen LogP contribution is -2.19. The van der Waals surface area contributed by atoms with E-state index >= 15 is 0 Å². The largest absolute Gasteiger partial charge is 0.324 e. The van der Waals surface area contributed by atoms with Crippen LogP contribution in [0.4, 0.5) is 0 Å². The highest BCUT2D eigenvalue weighted by Crippen LogP contribution is 2.24. The maximum atomic E-state index is 6.23. The average Bonchev–Trinajstić information content (AvgIpc) is 2.26. The Bertz CT molecular complexity index is 280. The molecule has 2 atom stereocenters. The molecule has 78 valence electrons. The van der Waals surface area contributed by atoms with Gasteiger partial charge in [0.1, 0.15) is 0 Å². The van der Waals surface area contributed by atoms with E-state index in [2.05, 4.69) is 45.0 Å². The second-order valence-electron chi connectivity index (χ2n) is 3.96. The minimum atomic E-state index is 0.191. The first-order valence-corrected chi connectivity index (χ1v) is 5.54. The monoisotopic (exact) mass is 191 g/mol. The number of hydrogen-bond donors (Lipinski definition) is 1. The van der Waals surface area contributed by atoms with E-state index in [0.29, 0.717) is 5.92 Å². The van der Waals surface area contributed by atoms with Crippen LogP contribution in [0.25, 0.3) is 0 Å². The number of benzene rings is 1. The summed E-state index contributed by atoms with van der Waals surface area (Å²) in [4.78, 5) is 0. The van der Waals surface area contributed by atoms with Gasteiger partial charge in [0.05, 0.1) is 0 Å². The summed E-state index contributed by atoms with van der Waals surface area (Å²) in [5, 5.41) is 0. The predicted octanol–water partition coefficient (Wildman–Crippen LogP) is 3.29. The molecule has 1 nitrogen and oxygen atoms in total. The van der Waals surface area contributed by atoms with E-state index in [1.165, 1.54) is 11.1 Å². The fraction of sp³-hybridized carbons (Fsp3) is 0.538. The van der Waals surface area contributed by atoms with Crippen molar-refractivity contribution in [1.82, 2.24) is 0 Å². The fourth-order valence-electron chi connectivity index (χ4n) is 1.74. The number of rotatable bonds is 4. The summed E-state index contributed by atoms with van der Waals surface area (Å²) in [5.74, 6) is 0.558. The van der Waals surface area contributed by atoms with Crippen molar-refractivity contribution in [2.75, 3.05) is 0 Å². The first-order chi connectivity index (χ1) is 6.70. The van der Waals surface area contributed by atoms with Gasteiger partial charge in [-0.05, 0) is 23.5 Å². The van der Waals surface area contributed by atoms with Gasteiger partial charge in [0.15, 0.2) is 0 Å². The summed E-state index contributed by atoms with van der Waals surface area (Å²) in [5.41, 5.74) is 8.94. The van der Waals surface area contributed by atoms with Crippen LogP contribution in [0, 0.1) is 5.92 Å². The van der Waals surface area contributed by atoms with Crippen molar-refractivity contribution < 1.29 is 0 Å². The van der Waals surface area contributed by atoms with E-state index in [1.807, 2.05) is 0 Å². The van der Waals surface area contributed by atoms with Gasteiger partial charge >= 0.3 is 0 Å². The van der Waals surface area contributed by atoms with Gasteiger partial charge in [0, 0.05) is 6.04 Å². The molecule has 0 amide bonds. The molecule has 0 saturated heterocycles. The zero-order valence-corrected chi connectivity index (χ0v) is 9.46. The Balaban J connectivity index is 2.93. The van der Waals surface area contributed by atoms with Crippen LogP contribution < -0.4 is 5.73 Å². The average molecular weight is 191 g/mol. The van der Waals surface area contributed by atoms with E-state index in [9.17, 15) is 0 Å². The van der Waals surface area contributed by atoms with Crippen LogP contribution in [0.1, 0.15) is 44.4 Å². The third-order valence-corrected chi connectivity index (χ3v) is 3.05. The molecule has 0 aromatic heterocycles. The van der Waals surface area contributed by atoms with Crippen molar-refractivity contribution in [1.29, 1.82) is 0 Å². The quantitative estimate of drug-likeness (QED) is 0.776. The third kappa shape index (κ3) is 2.36. The Labute approximate surface area is 87.3 Å². The van der Waals surface area contributed by atoms with E-state index in [4.69, 9.17) is 5.73 Å². The predicted molar refractivity (Wildman–Crippen MR) is 62.2 cm³/mol. The molecule has 1 heteroatoms. The second kappa shape index (κ2) is 5.16. The van der Waals surface area contributed by atoms with Gasteiger partial charge in [-0.2, -0.15) is 0 Å². The summed E-state index contributed by atoms with van der Waals surface area (Å²) in [6.07, 6.45) is 2.21. The first kappa shape index (κ1) is 11.3. The van der Waals surface area contributed by atoms with Crippen LogP contribution in [0.5, 0.6) is 0 Å². The lowest BCUT2D eigenvalue weighted by Gasteiger charge is -2.21. The third-order valence-electron chi connectivity index (χ3n) is 3.05. The summed E-state index contributed by atoms with van der Waals surface area (Å²) in [6, 6.07) is 8.70. The normalized spacial score (nSPS) is 15.1. The van der Waals surface area contributed by atoms with Gasteiger partial charge in [-0.25, -0.2) is 0 Å². The molecule has 0 aliphatic heterocycles. The minimum absolute atomic E-state index is 0.191. The van der Waals surface area contributed by atoms with Crippen LogP contribution >= 0.6 is 0 Å². The van der Waals surface area contributed by atoms with E-state index in [-0.39, 0.29) is 6.04 Å². The molecule has 2 N–H and O–H groups in total. The summed E-state index contributed by atoms with van der Waals surface area (Å²) < 4.78 is 0. The molecule has 2 unspecified atom stereocenters. The molecule has 14 heavy (non-hydrogen) atoms. The molecular weight excluding hydrogens is 170 g/mol. The van der Waals surface area contributed by atoms with Crippen LogP contribution in [0.15, 0.2) is 24.3 Å². The van der Waals surface area contributed by atoms with Crippen molar-refractivity contribution in [3.05, 3.63) is 35.4 Å². The molecule has 0 bridgehead atoms. The van der Waals surface area contributed by atoms with Crippen LogP contribution in [0.3, 0.4) is 0 Å². The molecule has 0 radical (unpaired) electrons. The molecule has 0 heterocycles. The maximum Gasteiger partial charge on any atom is 0.0323 e. The molecule has 1 aromatic rings. The Morgan fingerprint density at radius 1 is 1.21 bits per heavy atom. The van der Waals surface area contributed by atoms with Crippen LogP contribution in [-0.2, 0) is 6.42 Å². The summed E-state index contributed by atoms with van der Waals surface area (Å²) >= 11 is 0. The Hall–Kier alpha value is -0.820. The van der Waals surface area contributed by atoms with Gasteiger partial charge in [-0.1, -0.05) is 51.5 Å². The standard InChI is InChI=1S/C13H21N/c1-4-10(3)13(14)12-9-7-6-8-11(12)5-2/h6-10,13H,4-5,14H2,1-3H3. The van der Waals surface area contributed by atoms with Gasteiger partial charge < -0.3 is 5.73 Å². The number of aryl methyl sites for hydroxylation is 1. The Morgan fingerprint density at radius 3 is 2.43 bits per heavy atom. The SMILES string of the molecule is CCc1ccccc1C(N)C(C)CC. The van der Waals surface area contributed by atoms with Crippen LogP contribution in [-0.4, -0.2) is 0 Å². The Morgan fingerprint density at radius 2 is 1.86 bits per heavy atom. The molecule has 0 aliphatic rings. The minimum Gasteiger partial charge on any atom is -0.324 e. The molecule has 0 saturated carbocycles. The molecule has 1 aromatic carbocycles. The lowest BCUT2D eigenvalue weighted by molar-refractivity contribution is 0.454. The van der Waals surface area contributed by atoms with Gasteiger partial charge in [0.25, 0.3) is 0 Å². The molecule has 1 rings (SSSR count). The lowest BCUT2D eigenvalue weighted by atomic mass is 9.89. The Kier molecular flexibility index (Phi) is 4.15. The summed E-state index contributed by atoms with van der Waals surface area (Å²) in [6.45, 7) is 6.60. The van der Waals surface area contributed by atoms with Crippen molar-refractivity contribution in [3.63, 3.8) is 0 Å². The van der Waals surface area contributed by atoms with Crippen LogP contribution in [0.2, 0.25) is 0 Å². The number of hydrogen-bond acceptors (Lipinski definition) is 1. The second-order valence-corrected chi connectivity index (χ2v) is 3.96. The molecule has 0 fully saturated rings. The van der Waals surface area contributed by atoms with Crippen molar-refractivity contribution in [2.24, 2.45) is 11.7 Å². The molecule has 0 spiro atoms. The van der Waals surface area contributed by atoms with Crippen molar-refractivity contribution in [3.8, 4) is 0 Å².